The van der Waals surface area contributed by atoms with Crippen LogP contribution in [-0.4, -0.2) is 41.0 Å². The van der Waals surface area contributed by atoms with Gasteiger partial charge >= 0.3 is 6.18 Å². The molecule has 0 bridgehead atoms. The van der Waals surface area contributed by atoms with Gasteiger partial charge in [-0.25, -0.2) is 15.0 Å². The molecule has 0 spiro atoms. The number of hydrogen-bond acceptors (Lipinski definition) is 6. The summed E-state index contributed by atoms with van der Waals surface area (Å²) in [6, 6.07) is 0.821. The van der Waals surface area contributed by atoms with E-state index in [1.165, 1.54) is 0 Å². The Hall–Kier alpha value is -2.12. The minimum atomic E-state index is -4.50. The average molecular weight is 499 g/mol. The van der Waals surface area contributed by atoms with E-state index in [0.29, 0.717) is 31.5 Å². The Morgan fingerprint density at radius 3 is 2.52 bits per heavy atom. The lowest BCUT2D eigenvalue weighted by Gasteiger charge is -2.12. The maximum Gasteiger partial charge on any atom is 0.433 e. The van der Waals surface area contributed by atoms with Gasteiger partial charge in [-0.1, -0.05) is 0 Å². The van der Waals surface area contributed by atoms with E-state index in [-0.39, 0.29) is 29.9 Å². The van der Waals surface area contributed by atoms with Crippen LogP contribution in [0.4, 0.5) is 19.1 Å². The van der Waals surface area contributed by atoms with E-state index in [0.717, 1.165) is 23.7 Å². The van der Waals surface area contributed by atoms with Gasteiger partial charge in [-0.05, 0) is 19.9 Å². The molecule has 0 aliphatic heterocycles. The molecule has 0 saturated heterocycles. The van der Waals surface area contributed by atoms with Crippen molar-refractivity contribution in [2.45, 2.75) is 26.6 Å². The largest absolute Gasteiger partial charge is 0.444 e. The van der Waals surface area contributed by atoms with Gasteiger partial charge in [0.25, 0.3) is 0 Å². The fourth-order valence-electron chi connectivity index (χ4n) is 1.95. The molecule has 0 aliphatic rings. The van der Waals surface area contributed by atoms with Crippen LogP contribution in [-0.2, 0) is 12.7 Å². The van der Waals surface area contributed by atoms with Gasteiger partial charge in [0.1, 0.15) is 11.5 Å². The van der Waals surface area contributed by atoms with E-state index in [9.17, 15) is 13.2 Å². The van der Waals surface area contributed by atoms with Crippen LogP contribution in [0.25, 0.3) is 0 Å². The zero-order valence-corrected chi connectivity index (χ0v) is 17.3. The number of alkyl halides is 3. The highest BCUT2D eigenvalue weighted by Gasteiger charge is 2.32. The lowest BCUT2D eigenvalue weighted by molar-refractivity contribution is -0.141. The second-order valence-electron chi connectivity index (χ2n) is 5.29. The lowest BCUT2D eigenvalue weighted by Crippen LogP contribution is -2.39. The fourth-order valence-corrected chi connectivity index (χ4v) is 1.95. The van der Waals surface area contributed by atoms with Gasteiger partial charge < -0.3 is 20.4 Å². The van der Waals surface area contributed by atoms with E-state index in [2.05, 4.69) is 35.9 Å². The molecule has 2 aromatic rings. The van der Waals surface area contributed by atoms with Gasteiger partial charge in [-0.3, -0.25) is 4.99 Å². The second kappa shape index (κ2) is 10.3. The molecule has 0 unspecified atom stereocenters. The Labute approximate surface area is 171 Å². The van der Waals surface area contributed by atoms with Crippen molar-refractivity contribution < 1.29 is 17.6 Å². The first-order valence-electron chi connectivity index (χ1n) is 7.81. The van der Waals surface area contributed by atoms with Crippen LogP contribution in [0.3, 0.4) is 0 Å². The summed E-state index contributed by atoms with van der Waals surface area (Å²) in [6.45, 7) is 4.75. The number of hydrogen-bond donors (Lipinski definition) is 3. The molecular weight excluding hydrogens is 478 g/mol. The van der Waals surface area contributed by atoms with Crippen molar-refractivity contribution in [3.05, 3.63) is 35.3 Å². The first kappa shape index (κ1) is 22.9. The predicted molar refractivity (Wildman–Crippen MR) is 105 cm³/mol. The maximum absolute atomic E-state index is 12.6. The van der Waals surface area contributed by atoms with E-state index in [1.807, 2.05) is 13.8 Å². The van der Waals surface area contributed by atoms with Crippen LogP contribution in [0.1, 0.15) is 23.0 Å². The van der Waals surface area contributed by atoms with Gasteiger partial charge in [-0.15, -0.1) is 24.0 Å². The molecule has 150 valence electrons. The second-order valence-corrected chi connectivity index (χ2v) is 5.29. The number of oxazole rings is 1. The van der Waals surface area contributed by atoms with Gasteiger partial charge in [0, 0.05) is 26.3 Å². The summed E-state index contributed by atoms with van der Waals surface area (Å²) >= 11 is 0. The Morgan fingerprint density at radius 2 is 1.93 bits per heavy atom. The van der Waals surface area contributed by atoms with Gasteiger partial charge in [0.05, 0.1) is 12.2 Å². The van der Waals surface area contributed by atoms with E-state index >= 15 is 0 Å². The van der Waals surface area contributed by atoms with Crippen LogP contribution < -0.4 is 16.0 Å². The van der Waals surface area contributed by atoms with E-state index in [4.69, 9.17) is 4.42 Å². The summed E-state index contributed by atoms with van der Waals surface area (Å²) in [5.74, 6) is 1.72. The maximum atomic E-state index is 12.6. The number of aryl methyl sites for hydroxylation is 2. The van der Waals surface area contributed by atoms with Crippen molar-refractivity contribution in [1.29, 1.82) is 0 Å². The predicted octanol–water partition coefficient (Wildman–Crippen LogP) is 2.50. The normalized spacial score (nSPS) is 11.7. The number of nitrogens with one attached hydrogen (secondary N) is 3. The molecule has 2 aromatic heterocycles. The van der Waals surface area contributed by atoms with Crippen molar-refractivity contribution >= 4 is 35.9 Å². The van der Waals surface area contributed by atoms with Crippen LogP contribution in [0.2, 0.25) is 0 Å². The van der Waals surface area contributed by atoms with Crippen LogP contribution in [0.5, 0.6) is 0 Å². The van der Waals surface area contributed by atoms with Crippen LogP contribution in [0.15, 0.2) is 21.7 Å². The van der Waals surface area contributed by atoms with E-state index < -0.39 is 11.9 Å². The molecule has 0 fully saturated rings. The Balaban J connectivity index is 0.00000364. The highest BCUT2D eigenvalue weighted by atomic mass is 127. The molecule has 0 aliphatic carbocycles. The molecule has 2 heterocycles. The third-order valence-electron chi connectivity index (χ3n) is 3.35. The average Bonchev–Trinajstić information content (AvgIpc) is 2.92. The number of halogens is 4. The minimum Gasteiger partial charge on any atom is -0.444 e. The molecule has 12 heteroatoms. The number of aliphatic imine (C=N–C) groups is 1. The Kier molecular flexibility index (Phi) is 8.72. The van der Waals surface area contributed by atoms with Crippen LogP contribution >= 0.6 is 24.0 Å². The summed E-state index contributed by atoms with van der Waals surface area (Å²) in [4.78, 5) is 15.5. The first-order valence-corrected chi connectivity index (χ1v) is 7.81. The molecule has 8 nitrogen and oxygen atoms in total. The summed E-state index contributed by atoms with van der Waals surface area (Å²) in [5, 5.41) is 8.76. The zero-order chi connectivity index (χ0) is 19.2. The molecule has 0 saturated carbocycles. The monoisotopic (exact) mass is 499 g/mol. The van der Waals surface area contributed by atoms with Crippen molar-refractivity contribution in [1.82, 2.24) is 25.6 Å². The molecule has 2 rings (SSSR count). The number of nitrogens with zero attached hydrogens (tertiary/aromatic N) is 4. The number of anilines is 1. The Morgan fingerprint density at radius 1 is 1.19 bits per heavy atom. The smallest absolute Gasteiger partial charge is 0.433 e. The molecule has 0 aromatic carbocycles. The van der Waals surface area contributed by atoms with Gasteiger partial charge in [0.2, 0.25) is 11.8 Å². The minimum absolute atomic E-state index is 0. The SMILES string of the molecule is CN=C(NCCNc1nccc(C(F)(F)F)n1)NCc1nc(C)c(C)o1.I. The molecule has 3 N–H and O–H groups in total. The standard InChI is InChI=1S/C15H20F3N7O.HI/c1-9-10(2)26-12(24-9)8-23-13(19-3)21-6-7-22-14-20-5-4-11(25-14)15(16,17)18;/h4-5H,6-8H2,1-3H3,(H2,19,21,23)(H,20,22,25);1H. The zero-order valence-electron chi connectivity index (χ0n) is 15.0. The number of rotatable bonds is 6. The van der Waals surface area contributed by atoms with Crippen molar-refractivity contribution in [2.75, 3.05) is 25.5 Å². The molecular formula is C15H21F3IN7O. The van der Waals surface area contributed by atoms with Crippen molar-refractivity contribution in [3.8, 4) is 0 Å². The highest BCUT2D eigenvalue weighted by Crippen LogP contribution is 2.27. The lowest BCUT2D eigenvalue weighted by atomic mass is 10.4. The van der Waals surface area contributed by atoms with Gasteiger partial charge in [-0.2, -0.15) is 13.2 Å². The quantitative estimate of drug-likeness (QED) is 0.243. The molecule has 0 atom stereocenters. The third kappa shape index (κ3) is 7.19. The molecule has 27 heavy (non-hydrogen) atoms. The van der Waals surface area contributed by atoms with Gasteiger partial charge in [0.15, 0.2) is 5.96 Å². The molecule has 0 amide bonds. The Bertz CT molecular complexity index is 745. The van der Waals surface area contributed by atoms with Crippen molar-refractivity contribution in [2.24, 2.45) is 4.99 Å². The van der Waals surface area contributed by atoms with Crippen LogP contribution in [0, 0.1) is 13.8 Å². The highest BCUT2D eigenvalue weighted by molar-refractivity contribution is 14.0. The number of aromatic nitrogens is 3. The fraction of sp³-hybridized carbons (Fsp3) is 0.467. The summed E-state index contributed by atoms with van der Waals surface area (Å²) in [7, 11) is 1.60. The third-order valence-corrected chi connectivity index (χ3v) is 3.35. The molecule has 0 radical (unpaired) electrons. The van der Waals surface area contributed by atoms with E-state index in [1.54, 1.807) is 7.05 Å². The summed E-state index contributed by atoms with van der Waals surface area (Å²) in [6.07, 6.45) is -3.44. The summed E-state index contributed by atoms with van der Waals surface area (Å²) < 4.78 is 43.2. The summed E-state index contributed by atoms with van der Waals surface area (Å²) in [5.41, 5.74) is -0.160. The number of guanidine groups is 1. The topological polar surface area (TPSA) is 100 Å². The first-order chi connectivity index (χ1) is 12.3. The van der Waals surface area contributed by atoms with Crippen molar-refractivity contribution in [3.63, 3.8) is 0 Å².